The Kier molecular flexibility index (Phi) is 57.3. The Morgan fingerprint density at radius 1 is 0.353 bits per heavy atom. The number of rotatable bonds is 55. The van der Waals surface area contributed by atoms with Gasteiger partial charge in [-0.1, -0.05) is 292 Å². The third kappa shape index (κ3) is 54.8. The van der Waals surface area contributed by atoms with E-state index >= 15 is 0 Å². The molecule has 0 aliphatic carbocycles. The average molecular weight is 949 g/mol. The summed E-state index contributed by atoms with van der Waals surface area (Å²) in [6, 6.07) is -0.650. The fourth-order valence-electron chi connectivity index (χ4n) is 9.04. The SMILES string of the molecule is CCCCCCC/C=C\C/C=C\C/C=C\CCCCCCCCCCCCCCCCC(=O)NC(CO)C(O)/C=C/CC/C=C/CC/C=C/CCCCCCCCCCCCCCCCCCC. The highest BCUT2D eigenvalue weighted by molar-refractivity contribution is 5.76. The second-order valence-electron chi connectivity index (χ2n) is 20.4. The predicted molar refractivity (Wildman–Crippen MR) is 304 cm³/mol. The number of allylic oxidation sites excluding steroid dienone is 11. The van der Waals surface area contributed by atoms with Crippen LogP contribution in [0.25, 0.3) is 0 Å². The highest BCUT2D eigenvalue weighted by Crippen LogP contribution is 2.17. The van der Waals surface area contributed by atoms with Crippen LogP contribution >= 0.6 is 0 Å². The maximum absolute atomic E-state index is 12.5. The van der Waals surface area contributed by atoms with Crippen LogP contribution in [0.3, 0.4) is 0 Å². The summed E-state index contributed by atoms with van der Waals surface area (Å²) in [5.41, 5.74) is 0. The quantitative estimate of drug-likeness (QED) is 0.0420. The molecular formula is C64H117NO3. The third-order valence-electron chi connectivity index (χ3n) is 13.6. The van der Waals surface area contributed by atoms with Crippen LogP contribution in [0.5, 0.6) is 0 Å². The van der Waals surface area contributed by atoms with Gasteiger partial charge in [-0.15, -0.1) is 0 Å². The summed E-state index contributed by atoms with van der Waals surface area (Å²) in [6.45, 7) is 4.31. The van der Waals surface area contributed by atoms with Gasteiger partial charge in [0.05, 0.1) is 18.8 Å². The summed E-state index contributed by atoms with van der Waals surface area (Å²) in [5.74, 6) is -0.0774. The molecule has 0 aliphatic heterocycles. The molecule has 4 nitrogen and oxygen atoms in total. The molecule has 0 saturated carbocycles. The smallest absolute Gasteiger partial charge is 0.220 e. The van der Waals surface area contributed by atoms with Crippen molar-refractivity contribution in [2.75, 3.05) is 6.61 Å². The van der Waals surface area contributed by atoms with Crippen molar-refractivity contribution in [3.05, 3.63) is 72.9 Å². The third-order valence-corrected chi connectivity index (χ3v) is 13.6. The largest absolute Gasteiger partial charge is 0.394 e. The number of amides is 1. The van der Waals surface area contributed by atoms with E-state index in [0.717, 1.165) is 51.4 Å². The summed E-state index contributed by atoms with van der Waals surface area (Å²) < 4.78 is 0. The van der Waals surface area contributed by atoms with Crippen LogP contribution in [0.2, 0.25) is 0 Å². The first-order valence-electron chi connectivity index (χ1n) is 30.2. The van der Waals surface area contributed by atoms with Gasteiger partial charge in [0.25, 0.3) is 0 Å². The van der Waals surface area contributed by atoms with E-state index < -0.39 is 12.1 Å². The Morgan fingerprint density at radius 3 is 0.956 bits per heavy atom. The summed E-state index contributed by atoms with van der Waals surface area (Å²) in [6.07, 6.45) is 85.1. The van der Waals surface area contributed by atoms with Crippen LogP contribution in [-0.4, -0.2) is 34.9 Å². The van der Waals surface area contributed by atoms with E-state index in [-0.39, 0.29) is 12.5 Å². The van der Waals surface area contributed by atoms with E-state index in [1.165, 1.54) is 238 Å². The van der Waals surface area contributed by atoms with E-state index in [4.69, 9.17) is 0 Å². The van der Waals surface area contributed by atoms with Gasteiger partial charge in [0, 0.05) is 6.42 Å². The standard InChI is InChI=1S/C64H117NO3/c1-3-5-7-9-11-13-15-17-19-21-23-25-27-29-31-32-34-36-38-40-42-44-46-48-50-52-54-56-58-60-64(68)65-62(61-66)63(67)59-57-55-53-51-49-47-45-43-41-39-37-35-33-30-28-26-24-22-20-18-16-14-12-10-8-6-4-2/h15,17,21,23,27,29,41,43,49,51,57,59,62-63,66-67H,3-14,16,18-20,22,24-26,28,30-40,42,44-48,50,52-56,58,60-61H2,1-2H3,(H,65,68)/b17-15-,23-21-,29-27-,43-41+,51-49+,59-57+. The van der Waals surface area contributed by atoms with Crippen molar-refractivity contribution >= 4 is 5.91 Å². The minimum absolute atomic E-state index is 0.0774. The summed E-state index contributed by atoms with van der Waals surface area (Å²) >= 11 is 0. The van der Waals surface area contributed by atoms with Crippen molar-refractivity contribution in [2.24, 2.45) is 0 Å². The second-order valence-corrected chi connectivity index (χ2v) is 20.4. The van der Waals surface area contributed by atoms with Gasteiger partial charge in [0.1, 0.15) is 0 Å². The molecule has 0 heterocycles. The molecule has 0 fully saturated rings. The first kappa shape index (κ1) is 65.8. The van der Waals surface area contributed by atoms with Gasteiger partial charge in [-0.25, -0.2) is 0 Å². The van der Waals surface area contributed by atoms with E-state index in [0.29, 0.717) is 6.42 Å². The van der Waals surface area contributed by atoms with Gasteiger partial charge >= 0.3 is 0 Å². The lowest BCUT2D eigenvalue weighted by molar-refractivity contribution is -0.123. The highest BCUT2D eigenvalue weighted by atomic mass is 16.3. The fraction of sp³-hybridized carbons (Fsp3) is 0.797. The number of hydrogen-bond donors (Lipinski definition) is 3. The van der Waals surface area contributed by atoms with Gasteiger partial charge in [-0.3, -0.25) is 4.79 Å². The van der Waals surface area contributed by atoms with Gasteiger partial charge in [0.15, 0.2) is 0 Å². The molecule has 0 aromatic rings. The number of aliphatic hydroxyl groups is 2. The molecule has 0 aliphatic rings. The van der Waals surface area contributed by atoms with Crippen molar-refractivity contribution in [1.82, 2.24) is 5.32 Å². The molecule has 396 valence electrons. The van der Waals surface area contributed by atoms with Gasteiger partial charge in [0.2, 0.25) is 5.91 Å². The lowest BCUT2D eigenvalue weighted by Crippen LogP contribution is -2.45. The van der Waals surface area contributed by atoms with Gasteiger partial charge < -0.3 is 15.5 Å². The Bertz CT molecular complexity index is 1170. The van der Waals surface area contributed by atoms with E-state index in [1.54, 1.807) is 6.08 Å². The van der Waals surface area contributed by atoms with Crippen molar-refractivity contribution in [1.29, 1.82) is 0 Å². The van der Waals surface area contributed by atoms with Crippen LogP contribution < -0.4 is 5.32 Å². The molecule has 2 unspecified atom stereocenters. The Hall–Kier alpha value is -2.17. The second kappa shape index (κ2) is 59.1. The molecule has 0 aromatic heterocycles. The molecule has 3 N–H and O–H groups in total. The maximum atomic E-state index is 12.5. The summed E-state index contributed by atoms with van der Waals surface area (Å²) in [5, 5.41) is 23.2. The topological polar surface area (TPSA) is 69.6 Å². The molecule has 1 amide bonds. The highest BCUT2D eigenvalue weighted by Gasteiger charge is 2.18. The fourth-order valence-corrected chi connectivity index (χ4v) is 9.04. The van der Waals surface area contributed by atoms with E-state index in [9.17, 15) is 15.0 Å². The van der Waals surface area contributed by atoms with Crippen LogP contribution in [0.1, 0.15) is 309 Å². The number of hydrogen-bond acceptors (Lipinski definition) is 3. The number of carbonyl (C=O) groups excluding carboxylic acids is 1. The van der Waals surface area contributed by atoms with Crippen molar-refractivity contribution in [2.45, 2.75) is 321 Å². The van der Waals surface area contributed by atoms with Crippen LogP contribution in [0.4, 0.5) is 0 Å². The van der Waals surface area contributed by atoms with Crippen LogP contribution in [0, 0.1) is 0 Å². The van der Waals surface area contributed by atoms with E-state index in [2.05, 4.69) is 79.9 Å². The minimum Gasteiger partial charge on any atom is -0.394 e. The first-order valence-corrected chi connectivity index (χ1v) is 30.2. The molecule has 0 aromatic carbocycles. The number of unbranched alkanes of at least 4 members (excludes halogenated alkanes) is 38. The van der Waals surface area contributed by atoms with Crippen molar-refractivity contribution < 1.29 is 15.0 Å². The molecular weight excluding hydrogens is 831 g/mol. The molecule has 68 heavy (non-hydrogen) atoms. The molecule has 0 saturated heterocycles. The predicted octanol–water partition coefficient (Wildman–Crippen LogP) is 20.1. The van der Waals surface area contributed by atoms with Gasteiger partial charge in [-0.2, -0.15) is 0 Å². The normalized spacial score (nSPS) is 13.3. The number of nitrogens with one attached hydrogen (secondary N) is 1. The molecule has 0 rings (SSSR count). The lowest BCUT2D eigenvalue weighted by Gasteiger charge is -2.19. The minimum atomic E-state index is -0.875. The number of carbonyl (C=O) groups is 1. The molecule has 4 heteroatoms. The Balaban J connectivity index is 3.55. The van der Waals surface area contributed by atoms with Crippen LogP contribution in [0.15, 0.2) is 72.9 Å². The average Bonchev–Trinajstić information content (AvgIpc) is 3.34. The molecule has 0 spiro atoms. The zero-order valence-corrected chi connectivity index (χ0v) is 45.6. The van der Waals surface area contributed by atoms with Crippen molar-refractivity contribution in [3.63, 3.8) is 0 Å². The lowest BCUT2D eigenvalue weighted by atomic mass is 10.0. The zero-order chi connectivity index (χ0) is 49.2. The molecule has 0 bridgehead atoms. The molecule has 2 atom stereocenters. The summed E-state index contributed by atoms with van der Waals surface area (Å²) in [4.78, 5) is 12.5. The van der Waals surface area contributed by atoms with E-state index in [1.807, 2.05) is 6.08 Å². The van der Waals surface area contributed by atoms with Crippen LogP contribution in [-0.2, 0) is 4.79 Å². The monoisotopic (exact) mass is 948 g/mol. The zero-order valence-electron chi connectivity index (χ0n) is 45.6. The summed E-state index contributed by atoms with van der Waals surface area (Å²) in [7, 11) is 0. The van der Waals surface area contributed by atoms with Crippen molar-refractivity contribution in [3.8, 4) is 0 Å². The first-order chi connectivity index (χ1) is 33.7. The Morgan fingerprint density at radius 2 is 0.618 bits per heavy atom. The molecule has 0 radical (unpaired) electrons. The van der Waals surface area contributed by atoms with Gasteiger partial charge in [-0.05, 0) is 83.5 Å². The number of aliphatic hydroxyl groups excluding tert-OH is 2. The maximum Gasteiger partial charge on any atom is 0.220 e. The Labute approximate surface area is 425 Å².